The van der Waals surface area contributed by atoms with Crippen molar-refractivity contribution >= 4 is 23.2 Å². The molecule has 0 saturated carbocycles. The van der Waals surface area contributed by atoms with Crippen LogP contribution in [-0.4, -0.2) is 30.0 Å². The number of aromatic nitrogens is 1. The smallest absolute Gasteiger partial charge is 0.253 e. The number of nitrogens with zero attached hydrogens (tertiary/aromatic N) is 1. The number of benzene rings is 1. The Kier molecular flexibility index (Phi) is 4.07. The van der Waals surface area contributed by atoms with Gasteiger partial charge >= 0.3 is 0 Å². The molecule has 0 bridgehead atoms. The standard InChI is InChI=1S/C16H17ClFN3O/c1-10-13(4-6-19-10)16(22)20-11-5-7-21(9-11)12-2-3-15(18)14(17)8-12/h2-4,6,8,11,19H,5,7,9H2,1H3,(H,20,22)/t11-/m1/s1. The van der Waals surface area contributed by atoms with Gasteiger partial charge in [0.15, 0.2) is 0 Å². The molecule has 0 spiro atoms. The van der Waals surface area contributed by atoms with E-state index in [1.807, 2.05) is 6.92 Å². The van der Waals surface area contributed by atoms with E-state index in [-0.39, 0.29) is 17.0 Å². The first-order chi connectivity index (χ1) is 10.5. The zero-order chi connectivity index (χ0) is 15.7. The number of halogens is 2. The van der Waals surface area contributed by atoms with Gasteiger partial charge in [-0.15, -0.1) is 0 Å². The number of carbonyl (C=O) groups is 1. The Morgan fingerprint density at radius 2 is 2.27 bits per heavy atom. The summed E-state index contributed by atoms with van der Waals surface area (Å²) in [5.41, 5.74) is 2.40. The minimum atomic E-state index is -0.419. The number of nitrogens with one attached hydrogen (secondary N) is 2. The van der Waals surface area contributed by atoms with Gasteiger partial charge in [-0.25, -0.2) is 4.39 Å². The molecule has 1 aliphatic heterocycles. The molecule has 1 aliphatic rings. The van der Waals surface area contributed by atoms with Gasteiger partial charge in [-0.05, 0) is 37.6 Å². The van der Waals surface area contributed by atoms with Crippen molar-refractivity contribution < 1.29 is 9.18 Å². The molecule has 22 heavy (non-hydrogen) atoms. The molecule has 4 nitrogen and oxygen atoms in total. The van der Waals surface area contributed by atoms with Crippen molar-refractivity contribution in [2.24, 2.45) is 0 Å². The first kappa shape index (κ1) is 14.9. The van der Waals surface area contributed by atoms with Gasteiger partial charge in [-0.2, -0.15) is 0 Å². The van der Waals surface area contributed by atoms with Crippen molar-refractivity contribution in [1.82, 2.24) is 10.3 Å². The zero-order valence-electron chi connectivity index (χ0n) is 12.2. The number of hydrogen-bond acceptors (Lipinski definition) is 2. The van der Waals surface area contributed by atoms with Gasteiger partial charge in [0.2, 0.25) is 0 Å². The number of aromatic amines is 1. The molecule has 0 aliphatic carbocycles. The molecule has 0 radical (unpaired) electrons. The van der Waals surface area contributed by atoms with Gasteiger partial charge in [0.05, 0.1) is 10.6 Å². The van der Waals surface area contributed by atoms with E-state index in [2.05, 4.69) is 15.2 Å². The summed E-state index contributed by atoms with van der Waals surface area (Å²) >= 11 is 5.82. The fraction of sp³-hybridized carbons (Fsp3) is 0.312. The van der Waals surface area contributed by atoms with E-state index < -0.39 is 5.82 Å². The Morgan fingerprint density at radius 1 is 1.45 bits per heavy atom. The molecular weight excluding hydrogens is 305 g/mol. The van der Waals surface area contributed by atoms with Gasteiger partial charge in [-0.3, -0.25) is 4.79 Å². The molecule has 1 aromatic carbocycles. The average Bonchev–Trinajstić information content (AvgIpc) is 3.11. The molecule has 6 heteroatoms. The lowest BCUT2D eigenvalue weighted by Crippen LogP contribution is -2.37. The van der Waals surface area contributed by atoms with Gasteiger partial charge < -0.3 is 15.2 Å². The van der Waals surface area contributed by atoms with Gasteiger partial charge in [0.1, 0.15) is 5.82 Å². The molecule has 1 atom stereocenters. The minimum absolute atomic E-state index is 0.0669. The first-order valence-electron chi connectivity index (χ1n) is 7.19. The average molecular weight is 322 g/mol. The highest BCUT2D eigenvalue weighted by atomic mass is 35.5. The van der Waals surface area contributed by atoms with E-state index in [1.54, 1.807) is 24.4 Å². The third kappa shape index (κ3) is 2.95. The lowest BCUT2D eigenvalue weighted by molar-refractivity contribution is 0.0940. The van der Waals surface area contributed by atoms with E-state index >= 15 is 0 Å². The molecule has 116 valence electrons. The van der Waals surface area contributed by atoms with E-state index in [0.29, 0.717) is 12.1 Å². The van der Waals surface area contributed by atoms with Crippen molar-refractivity contribution in [3.8, 4) is 0 Å². The Labute approximate surface area is 133 Å². The Bertz CT molecular complexity index is 700. The Morgan fingerprint density at radius 3 is 2.95 bits per heavy atom. The quantitative estimate of drug-likeness (QED) is 0.912. The van der Waals surface area contributed by atoms with E-state index in [9.17, 15) is 9.18 Å². The highest BCUT2D eigenvalue weighted by Crippen LogP contribution is 2.25. The second-order valence-electron chi connectivity index (χ2n) is 5.52. The summed E-state index contributed by atoms with van der Waals surface area (Å²) in [7, 11) is 0. The summed E-state index contributed by atoms with van der Waals surface area (Å²) in [4.78, 5) is 17.3. The summed E-state index contributed by atoms with van der Waals surface area (Å²) in [6.07, 6.45) is 2.61. The molecule has 1 fully saturated rings. The van der Waals surface area contributed by atoms with Crippen molar-refractivity contribution in [3.05, 3.63) is 52.6 Å². The molecule has 0 unspecified atom stereocenters. The largest absolute Gasteiger partial charge is 0.369 e. The van der Waals surface area contributed by atoms with Crippen LogP contribution in [0.4, 0.5) is 10.1 Å². The lowest BCUT2D eigenvalue weighted by Gasteiger charge is -2.19. The first-order valence-corrected chi connectivity index (χ1v) is 7.57. The molecule has 1 aromatic heterocycles. The predicted molar refractivity (Wildman–Crippen MR) is 85.0 cm³/mol. The molecule has 2 heterocycles. The number of H-pyrrole nitrogens is 1. The minimum Gasteiger partial charge on any atom is -0.369 e. The number of carbonyl (C=O) groups excluding carboxylic acids is 1. The predicted octanol–water partition coefficient (Wildman–Crippen LogP) is 3.12. The van der Waals surface area contributed by atoms with Crippen molar-refractivity contribution in [2.75, 3.05) is 18.0 Å². The summed E-state index contributed by atoms with van der Waals surface area (Å²) in [5, 5.41) is 3.16. The molecule has 2 aromatic rings. The number of aryl methyl sites for hydroxylation is 1. The van der Waals surface area contributed by atoms with E-state index in [4.69, 9.17) is 11.6 Å². The van der Waals surface area contributed by atoms with Crippen LogP contribution in [-0.2, 0) is 0 Å². The highest BCUT2D eigenvalue weighted by Gasteiger charge is 2.25. The Balaban J connectivity index is 1.64. The van der Waals surface area contributed by atoms with Crippen molar-refractivity contribution in [1.29, 1.82) is 0 Å². The second kappa shape index (κ2) is 6.01. The van der Waals surface area contributed by atoms with Crippen LogP contribution in [0.25, 0.3) is 0 Å². The fourth-order valence-corrected chi connectivity index (χ4v) is 2.93. The molecule has 1 saturated heterocycles. The van der Waals surface area contributed by atoms with Crippen LogP contribution in [0.15, 0.2) is 30.5 Å². The summed E-state index contributed by atoms with van der Waals surface area (Å²) in [6.45, 7) is 3.37. The maximum atomic E-state index is 13.2. The van der Waals surface area contributed by atoms with Gasteiger partial charge in [0, 0.05) is 36.7 Å². The number of hydrogen-bond donors (Lipinski definition) is 2. The van der Waals surface area contributed by atoms with Crippen LogP contribution in [0, 0.1) is 12.7 Å². The van der Waals surface area contributed by atoms with Crippen LogP contribution in [0.5, 0.6) is 0 Å². The highest BCUT2D eigenvalue weighted by molar-refractivity contribution is 6.31. The monoisotopic (exact) mass is 321 g/mol. The zero-order valence-corrected chi connectivity index (χ0v) is 13.0. The summed E-state index contributed by atoms with van der Waals surface area (Å²) in [6, 6.07) is 6.55. The van der Waals surface area contributed by atoms with E-state index in [0.717, 1.165) is 24.3 Å². The second-order valence-corrected chi connectivity index (χ2v) is 5.93. The van der Waals surface area contributed by atoms with Crippen LogP contribution < -0.4 is 10.2 Å². The number of anilines is 1. The van der Waals surface area contributed by atoms with Crippen LogP contribution >= 0.6 is 11.6 Å². The third-order valence-corrected chi connectivity index (χ3v) is 4.28. The molecule has 1 amide bonds. The fourth-order valence-electron chi connectivity index (χ4n) is 2.76. The van der Waals surface area contributed by atoms with Crippen LogP contribution in [0.2, 0.25) is 5.02 Å². The summed E-state index contributed by atoms with van der Waals surface area (Å²) in [5.74, 6) is -0.486. The van der Waals surface area contributed by atoms with Crippen LogP contribution in [0.3, 0.4) is 0 Å². The van der Waals surface area contributed by atoms with Crippen molar-refractivity contribution in [3.63, 3.8) is 0 Å². The normalized spacial score (nSPS) is 17.8. The number of amides is 1. The SMILES string of the molecule is Cc1[nH]ccc1C(=O)N[C@@H]1CCN(c2ccc(F)c(Cl)c2)C1. The molecule has 2 N–H and O–H groups in total. The Hall–Kier alpha value is -2.01. The maximum Gasteiger partial charge on any atom is 0.253 e. The number of rotatable bonds is 3. The van der Waals surface area contributed by atoms with Crippen LogP contribution in [0.1, 0.15) is 22.5 Å². The molecule has 3 rings (SSSR count). The maximum absolute atomic E-state index is 13.2. The van der Waals surface area contributed by atoms with E-state index in [1.165, 1.54) is 6.07 Å². The topological polar surface area (TPSA) is 48.1 Å². The summed E-state index contributed by atoms with van der Waals surface area (Å²) < 4.78 is 13.2. The third-order valence-electron chi connectivity index (χ3n) is 3.99. The lowest BCUT2D eigenvalue weighted by atomic mass is 10.2. The van der Waals surface area contributed by atoms with Gasteiger partial charge in [-0.1, -0.05) is 11.6 Å². The van der Waals surface area contributed by atoms with Crippen molar-refractivity contribution in [2.45, 2.75) is 19.4 Å². The van der Waals surface area contributed by atoms with Gasteiger partial charge in [0.25, 0.3) is 5.91 Å². The molecular formula is C16H17ClFN3O.